The second-order valence-electron chi connectivity index (χ2n) is 4.88. The van der Waals surface area contributed by atoms with E-state index in [1.807, 2.05) is 6.92 Å². The first-order valence-electron chi connectivity index (χ1n) is 6.59. The van der Waals surface area contributed by atoms with Gasteiger partial charge in [-0.15, -0.1) is 0 Å². The summed E-state index contributed by atoms with van der Waals surface area (Å²) in [5, 5.41) is 0. The van der Waals surface area contributed by atoms with Gasteiger partial charge in [0.25, 0.3) is 0 Å². The third-order valence-electron chi connectivity index (χ3n) is 4.12. The minimum absolute atomic E-state index is 0.176. The van der Waals surface area contributed by atoms with Crippen LogP contribution in [0.15, 0.2) is 0 Å². The highest BCUT2D eigenvalue weighted by Crippen LogP contribution is 2.48. The molecule has 3 heteroatoms. The number of rotatable bonds is 7. The number of hydrogen-bond donors (Lipinski definition) is 1. The first-order chi connectivity index (χ1) is 7.60. The normalized spacial score (nSPS) is 29.8. The third kappa shape index (κ3) is 2.58. The number of hydrogen-bond acceptors (Lipinski definition) is 3. The van der Waals surface area contributed by atoms with Crippen LogP contribution in [0.4, 0.5) is 0 Å². The lowest BCUT2D eigenvalue weighted by atomic mass is 9.59. The van der Waals surface area contributed by atoms with E-state index in [1.54, 1.807) is 0 Å². The van der Waals surface area contributed by atoms with Crippen LogP contribution in [-0.4, -0.2) is 31.5 Å². The van der Waals surface area contributed by atoms with Crippen molar-refractivity contribution in [1.29, 1.82) is 0 Å². The summed E-state index contributed by atoms with van der Waals surface area (Å²) in [4.78, 5) is 0. The van der Waals surface area contributed by atoms with Gasteiger partial charge in [-0.2, -0.15) is 0 Å². The highest BCUT2D eigenvalue weighted by atomic mass is 16.5. The fourth-order valence-electron chi connectivity index (χ4n) is 2.80. The molecule has 1 saturated carbocycles. The number of ether oxygens (including phenoxy) is 2. The molecule has 0 bridgehead atoms. The Morgan fingerprint density at radius 2 is 1.94 bits per heavy atom. The molecule has 1 rings (SSSR count). The van der Waals surface area contributed by atoms with Crippen molar-refractivity contribution < 1.29 is 9.47 Å². The standard InChI is InChI=1S/C13H27NO2/c1-5-13(6-2)11(14)8-12(13)16-10(4)9-15-7-3/h10-12H,5-9,14H2,1-4H3. The minimum Gasteiger partial charge on any atom is -0.379 e. The predicted molar refractivity (Wildman–Crippen MR) is 66.4 cm³/mol. The Morgan fingerprint density at radius 3 is 2.38 bits per heavy atom. The molecule has 0 aromatic heterocycles. The summed E-state index contributed by atoms with van der Waals surface area (Å²) >= 11 is 0. The van der Waals surface area contributed by atoms with Crippen LogP contribution in [0.3, 0.4) is 0 Å². The fourth-order valence-corrected chi connectivity index (χ4v) is 2.80. The average Bonchev–Trinajstić information content (AvgIpc) is 2.27. The minimum atomic E-state index is 0.176. The van der Waals surface area contributed by atoms with Crippen molar-refractivity contribution >= 4 is 0 Å². The van der Waals surface area contributed by atoms with E-state index in [1.165, 1.54) is 0 Å². The summed E-state index contributed by atoms with van der Waals surface area (Å²) in [7, 11) is 0. The quantitative estimate of drug-likeness (QED) is 0.728. The monoisotopic (exact) mass is 229 g/mol. The van der Waals surface area contributed by atoms with Gasteiger partial charge in [0.1, 0.15) is 0 Å². The maximum atomic E-state index is 6.13. The van der Waals surface area contributed by atoms with Crippen molar-refractivity contribution in [1.82, 2.24) is 0 Å². The zero-order valence-electron chi connectivity index (χ0n) is 11.2. The van der Waals surface area contributed by atoms with Crippen LogP contribution in [0.25, 0.3) is 0 Å². The Balaban J connectivity index is 2.43. The first-order valence-corrected chi connectivity index (χ1v) is 6.59. The molecule has 0 aromatic carbocycles. The molecule has 16 heavy (non-hydrogen) atoms. The van der Waals surface area contributed by atoms with Crippen molar-refractivity contribution in [3.8, 4) is 0 Å². The molecule has 3 unspecified atom stereocenters. The summed E-state index contributed by atoms with van der Waals surface area (Å²) < 4.78 is 11.4. The SMILES string of the molecule is CCOCC(C)OC1CC(N)C1(CC)CC. The molecule has 96 valence electrons. The topological polar surface area (TPSA) is 44.5 Å². The smallest absolute Gasteiger partial charge is 0.0784 e. The Morgan fingerprint density at radius 1 is 1.31 bits per heavy atom. The van der Waals surface area contributed by atoms with Crippen LogP contribution >= 0.6 is 0 Å². The molecule has 3 atom stereocenters. The van der Waals surface area contributed by atoms with Crippen molar-refractivity contribution in [2.75, 3.05) is 13.2 Å². The van der Waals surface area contributed by atoms with E-state index in [-0.39, 0.29) is 11.5 Å². The summed E-state index contributed by atoms with van der Waals surface area (Å²) in [6.45, 7) is 9.96. The lowest BCUT2D eigenvalue weighted by molar-refractivity contribution is -0.165. The van der Waals surface area contributed by atoms with Gasteiger partial charge in [-0.25, -0.2) is 0 Å². The van der Waals surface area contributed by atoms with E-state index in [2.05, 4.69) is 20.8 Å². The van der Waals surface area contributed by atoms with E-state index in [4.69, 9.17) is 15.2 Å². The lowest BCUT2D eigenvalue weighted by Gasteiger charge is -2.54. The lowest BCUT2D eigenvalue weighted by Crippen LogP contribution is -2.62. The van der Waals surface area contributed by atoms with Gasteiger partial charge in [-0.1, -0.05) is 13.8 Å². The van der Waals surface area contributed by atoms with E-state index in [0.717, 1.165) is 25.9 Å². The molecule has 1 aliphatic rings. The molecule has 3 nitrogen and oxygen atoms in total. The van der Waals surface area contributed by atoms with E-state index in [0.29, 0.717) is 18.8 Å². The summed E-state index contributed by atoms with van der Waals surface area (Å²) in [6, 6.07) is 0.312. The molecule has 0 heterocycles. The van der Waals surface area contributed by atoms with Crippen LogP contribution in [0.2, 0.25) is 0 Å². The molecule has 0 amide bonds. The van der Waals surface area contributed by atoms with Crippen molar-refractivity contribution in [2.45, 2.75) is 65.2 Å². The molecule has 1 fully saturated rings. The largest absolute Gasteiger partial charge is 0.379 e. The Kier molecular flexibility index (Phi) is 5.22. The van der Waals surface area contributed by atoms with Gasteiger partial charge in [0.05, 0.1) is 18.8 Å². The highest BCUT2D eigenvalue weighted by Gasteiger charge is 2.51. The molecule has 0 radical (unpaired) electrons. The Labute approximate surface area is 99.7 Å². The highest BCUT2D eigenvalue weighted by molar-refractivity contribution is 5.05. The van der Waals surface area contributed by atoms with Gasteiger partial charge >= 0.3 is 0 Å². The summed E-state index contributed by atoms with van der Waals surface area (Å²) in [6.07, 6.45) is 3.72. The van der Waals surface area contributed by atoms with Gasteiger partial charge in [0, 0.05) is 18.1 Å². The zero-order chi connectivity index (χ0) is 12.2. The van der Waals surface area contributed by atoms with Gasteiger partial charge in [-0.3, -0.25) is 0 Å². The fraction of sp³-hybridized carbons (Fsp3) is 1.00. The van der Waals surface area contributed by atoms with Crippen molar-refractivity contribution in [3.63, 3.8) is 0 Å². The van der Waals surface area contributed by atoms with Gasteiger partial charge in [-0.05, 0) is 33.1 Å². The van der Waals surface area contributed by atoms with E-state index < -0.39 is 0 Å². The Bertz CT molecular complexity index is 204. The summed E-state index contributed by atoms with van der Waals surface area (Å²) in [5.74, 6) is 0. The summed E-state index contributed by atoms with van der Waals surface area (Å²) in [5.41, 5.74) is 6.34. The molecular weight excluding hydrogens is 202 g/mol. The second-order valence-corrected chi connectivity index (χ2v) is 4.88. The van der Waals surface area contributed by atoms with Gasteiger partial charge < -0.3 is 15.2 Å². The molecule has 1 aliphatic carbocycles. The van der Waals surface area contributed by atoms with Crippen molar-refractivity contribution in [3.05, 3.63) is 0 Å². The maximum Gasteiger partial charge on any atom is 0.0784 e. The molecular formula is C13H27NO2. The van der Waals surface area contributed by atoms with Crippen LogP contribution in [0, 0.1) is 5.41 Å². The second kappa shape index (κ2) is 5.99. The van der Waals surface area contributed by atoms with Crippen molar-refractivity contribution in [2.24, 2.45) is 11.1 Å². The van der Waals surface area contributed by atoms with Gasteiger partial charge in [0.15, 0.2) is 0 Å². The van der Waals surface area contributed by atoms with Crippen LogP contribution in [0.1, 0.15) is 47.0 Å². The van der Waals surface area contributed by atoms with E-state index >= 15 is 0 Å². The molecule has 0 saturated heterocycles. The Hall–Kier alpha value is -0.120. The van der Waals surface area contributed by atoms with E-state index in [9.17, 15) is 0 Å². The van der Waals surface area contributed by atoms with Crippen LogP contribution < -0.4 is 5.73 Å². The third-order valence-corrected chi connectivity index (χ3v) is 4.12. The first kappa shape index (κ1) is 13.9. The van der Waals surface area contributed by atoms with Crippen LogP contribution in [0.5, 0.6) is 0 Å². The van der Waals surface area contributed by atoms with Gasteiger partial charge in [0.2, 0.25) is 0 Å². The molecule has 0 aromatic rings. The predicted octanol–water partition coefficient (Wildman–Crippen LogP) is 2.33. The average molecular weight is 229 g/mol. The molecule has 0 aliphatic heterocycles. The maximum absolute atomic E-state index is 6.13. The number of nitrogens with two attached hydrogens (primary N) is 1. The molecule has 0 spiro atoms. The van der Waals surface area contributed by atoms with Crippen LogP contribution in [-0.2, 0) is 9.47 Å². The molecule has 2 N–H and O–H groups in total. The zero-order valence-corrected chi connectivity index (χ0v) is 11.2.